The van der Waals surface area contributed by atoms with Crippen molar-refractivity contribution < 1.29 is 19.2 Å². The van der Waals surface area contributed by atoms with Crippen LogP contribution in [0.15, 0.2) is 0 Å². The van der Waals surface area contributed by atoms with Crippen molar-refractivity contribution in [1.29, 1.82) is 0 Å². The lowest BCUT2D eigenvalue weighted by Gasteiger charge is -2.33. The number of esters is 1. The van der Waals surface area contributed by atoms with Crippen LogP contribution in [0.2, 0.25) is 0 Å². The van der Waals surface area contributed by atoms with Gasteiger partial charge >= 0.3 is 5.97 Å². The molecule has 0 atom stereocenters. The highest BCUT2D eigenvalue weighted by Crippen LogP contribution is 2.22. The number of carbonyl (C=O) groups is 1. The zero-order valence-corrected chi connectivity index (χ0v) is 9.62. The number of hydroxylamine groups is 2. The van der Waals surface area contributed by atoms with E-state index in [4.69, 9.17) is 9.68 Å². The number of methoxy groups -OCH3 is 1. The van der Waals surface area contributed by atoms with E-state index in [1.54, 1.807) is 0 Å². The second-order valence-corrected chi connectivity index (χ2v) is 4.20. The van der Waals surface area contributed by atoms with Gasteiger partial charge < -0.3 is 4.74 Å². The molecule has 5 heteroatoms. The molecule has 0 amide bonds. The van der Waals surface area contributed by atoms with E-state index in [-0.39, 0.29) is 12.4 Å². The zero-order valence-electron chi connectivity index (χ0n) is 9.62. The lowest BCUT2D eigenvalue weighted by atomic mass is 10.0. The van der Waals surface area contributed by atoms with Gasteiger partial charge in [0.2, 0.25) is 0 Å². The molecule has 0 aromatic carbocycles. The summed E-state index contributed by atoms with van der Waals surface area (Å²) in [6.45, 7) is 5.03. The fourth-order valence-electron chi connectivity index (χ4n) is 1.38. The largest absolute Gasteiger partial charge is 0.469 e. The minimum Gasteiger partial charge on any atom is -0.469 e. The molecule has 0 bridgehead atoms. The van der Waals surface area contributed by atoms with Crippen LogP contribution in [0.3, 0.4) is 0 Å². The summed E-state index contributed by atoms with van der Waals surface area (Å²) in [7, 11) is 1.38. The maximum absolute atomic E-state index is 11.2. The third-order valence-electron chi connectivity index (χ3n) is 2.25. The summed E-state index contributed by atoms with van der Waals surface area (Å²) in [5, 5.41) is 1.43. The van der Waals surface area contributed by atoms with Crippen molar-refractivity contribution in [1.82, 2.24) is 5.23 Å². The Kier molecular flexibility index (Phi) is 4.50. The zero-order chi connectivity index (χ0) is 11.3. The minimum atomic E-state index is -0.503. The smallest absolute Gasteiger partial charge is 0.307 e. The summed E-state index contributed by atoms with van der Waals surface area (Å²) in [6, 6.07) is 0. The molecule has 0 aromatic heterocycles. The van der Waals surface area contributed by atoms with Crippen molar-refractivity contribution in [2.24, 2.45) is 0 Å². The van der Waals surface area contributed by atoms with Crippen LogP contribution in [0, 0.1) is 0 Å². The Hall–Kier alpha value is -0.650. The van der Waals surface area contributed by atoms with Gasteiger partial charge in [0, 0.05) is 0 Å². The Labute approximate surface area is 90.2 Å². The third kappa shape index (κ3) is 3.77. The molecule has 1 saturated heterocycles. The number of nitrogens with zero attached hydrogens (tertiary/aromatic N) is 1. The second-order valence-electron chi connectivity index (χ2n) is 4.20. The fraction of sp³-hybridized carbons (Fsp3) is 0.900. The number of carbonyl (C=O) groups excluding carboxylic acids is 1. The molecular formula is C10H19NO4. The van der Waals surface area contributed by atoms with E-state index >= 15 is 0 Å². The van der Waals surface area contributed by atoms with E-state index in [1.807, 2.05) is 13.8 Å². The Balaban J connectivity index is 2.53. The summed E-state index contributed by atoms with van der Waals surface area (Å²) in [6.07, 6.45) is 2.19. The van der Waals surface area contributed by atoms with Crippen molar-refractivity contribution in [2.45, 2.75) is 38.6 Å². The van der Waals surface area contributed by atoms with Gasteiger partial charge in [0.25, 0.3) is 0 Å². The highest BCUT2D eigenvalue weighted by Gasteiger charge is 2.33. The highest BCUT2D eigenvalue weighted by atomic mass is 17.0. The molecule has 5 nitrogen and oxygen atoms in total. The van der Waals surface area contributed by atoms with Gasteiger partial charge in [-0.25, -0.2) is 0 Å². The van der Waals surface area contributed by atoms with Crippen molar-refractivity contribution in [3.8, 4) is 0 Å². The molecule has 0 aromatic rings. The van der Waals surface area contributed by atoms with Gasteiger partial charge in [-0.3, -0.25) is 14.5 Å². The monoisotopic (exact) mass is 217 g/mol. The Morgan fingerprint density at radius 3 is 2.33 bits per heavy atom. The molecule has 1 fully saturated rings. The van der Waals surface area contributed by atoms with Crippen LogP contribution in [0.1, 0.15) is 33.1 Å². The van der Waals surface area contributed by atoms with E-state index in [2.05, 4.69) is 4.74 Å². The van der Waals surface area contributed by atoms with Gasteiger partial charge in [0.05, 0.1) is 32.3 Å². The number of ether oxygens (including phenoxy) is 1. The molecule has 1 heterocycles. The highest BCUT2D eigenvalue weighted by molar-refractivity contribution is 5.70. The maximum atomic E-state index is 11.2. The van der Waals surface area contributed by atoms with Crippen LogP contribution in [0.4, 0.5) is 0 Å². The normalized spacial score (nSPS) is 19.7. The van der Waals surface area contributed by atoms with Crippen molar-refractivity contribution in [3.05, 3.63) is 0 Å². The second kappa shape index (κ2) is 5.44. The summed E-state index contributed by atoms with van der Waals surface area (Å²) in [4.78, 5) is 22.0. The first-order chi connectivity index (χ1) is 7.06. The third-order valence-corrected chi connectivity index (χ3v) is 2.25. The lowest BCUT2D eigenvalue weighted by Crippen LogP contribution is -2.45. The van der Waals surface area contributed by atoms with Crippen molar-refractivity contribution in [2.75, 3.05) is 20.3 Å². The van der Waals surface area contributed by atoms with Crippen LogP contribution in [-0.2, 0) is 19.2 Å². The summed E-state index contributed by atoms with van der Waals surface area (Å²) in [5.74, 6) is -0.267. The lowest BCUT2D eigenvalue weighted by molar-refractivity contribution is -0.400. The Morgan fingerprint density at radius 2 is 1.87 bits per heavy atom. The predicted octanol–water partition coefficient (Wildman–Crippen LogP) is 1.29. The summed E-state index contributed by atoms with van der Waals surface area (Å²) >= 11 is 0. The number of hydrogen-bond donors (Lipinski definition) is 0. The molecule has 88 valence electrons. The number of rotatable bonds is 3. The molecule has 1 rings (SSSR count). The standard InChI is InChI=1S/C10H19NO4/c1-10(2,8-9(12)13-3)11-14-6-4-5-7-15-11/h4-8H2,1-3H3. The molecule has 1 aliphatic rings. The van der Waals surface area contributed by atoms with Gasteiger partial charge in [-0.2, -0.15) is 0 Å². The van der Waals surface area contributed by atoms with Gasteiger partial charge in [-0.1, -0.05) is 5.23 Å². The molecule has 0 N–H and O–H groups in total. The maximum Gasteiger partial charge on any atom is 0.307 e. The van der Waals surface area contributed by atoms with E-state index in [9.17, 15) is 4.79 Å². The molecule has 0 saturated carbocycles. The van der Waals surface area contributed by atoms with Gasteiger partial charge in [0.1, 0.15) is 0 Å². The van der Waals surface area contributed by atoms with E-state index in [0.29, 0.717) is 13.2 Å². The first kappa shape index (κ1) is 12.4. The summed E-state index contributed by atoms with van der Waals surface area (Å²) in [5.41, 5.74) is -0.503. The quantitative estimate of drug-likeness (QED) is 0.667. The molecule has 15 heavy (non-hydrogen) atoms. The van der Waals surface area contributed by atoms with Crippen LogP contribution < -0.4 is 0 Å². The Morgan fingerprint density at radius 1 is 1.33 bits per heavy atom. The molecule has 1 aliphatic heterocycles. The first-order valence-electron chi connectivity index (χ1n) is 5.19. The topological polar surface area (TPSA) is 48.0 Å². The van der Waals surface area contributed by atoms with E-state index in [0.717, 1.165) is 12.8 Å². The first-order valence-corrected chi connectivity index (χ1v) is 5.19. The summed E-state index contributed by atoms with van der Waals surface area (Å²) < 4.78 is 4.63. The van der Waals surface area contributed by atoms with Crippen LogP contribution in [-0.4, -0.2) is 37.1 Å². The molecule has 0 spiro atoms. The van der Waals surface area contributed by atoms with Crippen LogP contribution in [0.25, 0.3) is 0 Å². The predicted molar refractivity (Wildman–Crippen MR) is 53.7 cm³/mol. The van der Waals surface area contributed by atoms with Crippen molar-refractivity contribution >= 4 is 5.97 Å². The van der Waals surface area contributed by atoms with E-state index in [1.165, 1.54) is 12.3 Å². The molecular weight excluding hydrogens is 198 g/mol. The van der Waals surface area contributed by atoms with Crippen molar-refractivity contribution in [3.63, 3.8) is 0 Å². The average Bonchev–Trinajstić information content (AvgIpc) is 2.45. The minimum absolute atomic E-state index is 0.240. The molecule has 0 unspecified atom stereocenters. The van der Waals surface area contributed by atoms with Crippen LogP contribution >= 0.6 is 0 Å². The van der Waals surface area contributed by atoms with Gasteiger partial charge in [-0.05, 0) is 26.7 Å². The SMILES string of the molecule is COC(=O)CC(C)(C)N1OCCCCO1. The Bertz CT molecular complexity index is 209. The molecule has 0 aliphatic carbocycles. The average molecular weight is 217 g/mol. The van der Waals surface area contributed by atoms with Gasteiger partial charge in [0.15, 0.2) is 0 Å². The van der Waals surface area contributed by atoms with Crippen LogP contribution in [0.5, 0.6) is 0 Å². The molecule has 0 radical (unpaired) electrons. The number of hydrogen-bond acceptors (Lipinski definition) is 5. The fourth-order valence-corrected chi connectivity index (χ4v) is 1.38. The van der Waals surface area contributed by atoms with Gasteiger partial charge in [-0.15, -0.1) is 0 Å². The van der Waals surface area contributed by atoms with E-state index < -0.39 is 5.54 Å².